The fraction of sp³-hybridized carbons (Fsp3) is 0.0455. The Labute approximate surface area is 161 Å². The first-order valence-corrected chi connectivity index (χ1v) is 8.49. The van der Waals surface area contributed by atoms with Gasteiger partial charge in [0.15, 0.2) is 0 Å². The minimum atomic E-state index is -0.607. The number of allylic oxidation sites excluding steroid dienone is 1. The molecule has 0 saturated carbocycles. The molecule has 1 aromatic carbocycles. The first kappa shape index (κ1) is 17.4. The average Bonchev–Trinajstić information content (AvgIpc) is 2.73. The third kappa shape index (κ3) is 2.99. The molecule has 3 heterocycles. The average molecular weight is 370 g/mol. The number of hydrogen-bond acceptors (Lipinski definition) is 5. The molecule has 28 heavy (non-hydrogen) atoms. The zero-order chi connectivity index (χ0) is 19.7. The van der Waals surface area contributed by atoms with Crippen molar-refractivity contribution in [3.8, 4) is 34.3 Å². The highest BCUT2D eigenvalue weighted by Gasteiger charge is 2.20. The van der Waals surface area contributed by atoms with Gasteiger partial charge in [-0.05, 0) is 42.0 Å². The number of methoxy groups -OCH3 is 1. The van der Waals surface area contributed by atoms with Crippen LogP contribution < -0.4 is 10.1 Å². The molecule has 0 unspecified atom stereocenters. The van der Waals surface area contributed by atoms with Crippen LogP contribution in [-0.2, 0) is 0 Å². The number of hydrogen-bond donors (Lipinski definition) is 1. The molecule has 4 rings (SSSR count). The van der Waals surface area contributed by atoms with Gasteiger partial charge in [0.1, 0.15) is 17.7 Å². The number of fused-ring (bicyclic) bond motifs is 1. The fourth-order valence-electron chi connectivity index (χ4n) is 3.06. The Balaban J connectivity index is 2.01. The number of ether oxygens (including phenoxy) is 1. The number of benzene rings is 1. The molecule has 3 aromatic rings. The van der Waals surface area contributed by atoms with Gasteiger partial charge in [-0.2, -0.15) is 5.26 Å². The van der Waals surface area contributed by atoms with Crippen LogP contribution >= 0.6 is 0 Å². The molecule has 1 aliphatic rings. The smallest absolute Gasteiger partial charge is 0.213 e. The largest absolute Gasteiger partial charge is 0.481 e. The van der Waals surface area contributed by atoms with Crippen LogP contribution in [0.5, 0.6) is 5.88 Å². The minimum Gasteiger partial charge on any atom is -0.481 e. The highest BCUT2D eigenvalue weighted by atomic mass is 19.1. The Morgan fingerprint density at radius 2 is 2.04 bits per heavy atom. The molecule has 0 saturated heterocycles. The Morgan fingerprint density at radius 1 is 1.18 bits per heavy atom. The van der Waals surface area contributed by atoms with E-state index in [0.717, 1.165) is 11.1 Å². The van der Waals surface area contributed by atoms with Gasteiger partial charge in [0.05, 0.1) is 18.4 Å². The second kappa shape index (κ2) is 6.97. The lowest BCUT2D eigenvalue weighted by atomic mass is 9.96. The lowest BCUT2D eigenvalue weighted by Gasteiger charge is -2.19. The standard InChI is InChI=1S/C22H15FN4O/c1-13-6-7-15-10-18(14-8-9-25-19(11-14)28-2)21(27-22(15)26-13)17-5-3-4-16(12-24)20(17)23/h3-11H,1H2,2H3,(H,26,27). The Morgan fingerprint density at radius 3 is 2.82 bits per heavy atom. The summed E-state index contributed by atoms with van der Waals surface area (Å²) in [6, 6.07) is 12.1. The van der Waals surface area contributed by atoms with Crippen LogP contribution in [0.3, 0.4) is 0 Å². The van der Waals surface area contributed by atoms with Crippen molar-refractivity contribution in [1.29, 1.82) is 5.26 Å². The van der Waals surface area contributed by atoms with Crippen LogP contribution in [0, 0.1) is 17.1 Å². The Bertz CT molecular complexity index is 1180. The number of aromatic nitrogens is 2. The zero-order valence-electron chi connectivity index (χ0n) is 15.0. The topological polar surface area (TPSA) is 70.8 Å². The molecule has 5 nitrogen and oxygen atoms in total. The number of nitrogens with zero attached hydrogens (tertiary/aromatic N) is 3. The third-order valence-electron chi connectivity index (χ3n) is 4.42. The molecule has 0 aliphatic carbocycles. The summed E-state index contributed by atoms with van der Waals surface area (Å²) in [5.41, 5.74) is 3.64. The molecule has 0 atom stereocenters. The maximum atomic E-state index is 15.0. The van der Waals surface area contributed by atoms with Gasteiger partial charge in [-0.3, -0.25) is 0 Å². The number of nitrogens with one attached hydrogen (secondary N) is 1. The van der Waals surface area contributed by atoms with E-state index >= 15 is 0 Å². The van der Waals surface area contributed by atoms with Crippen LogP contribution in [0.1, 0.15) is 11.1 Å². The molecular weight excluding hydrogens is 355 g/mol. The zero-order valence-corrected chi connectivity index (χ0v) is 15.0. The quantitative estimate of drug-likeness (QED) is 0.718. The molecule has 136 valence electrons. The summed E-state index contributed by atoms with van der Waals surface area (Å²) in [5, 5.41) is 12.3. The van der Waals surface area contributed by atoms with E-state index < -0.39 is 5.82 Å². The number of nitriles is 1. The number of pyridine rings is 2. The van der Waals surface area contributed by atoms with Crippen molar-refractivity contribution in [2.24, 2.45) is 0 Å². The predicted molar refractivity (Wildman–Crippen MR) is 106 cm³/mol. The van der Waals surface area contributed by atoms with Gasteiger partial charge in [0, 0.05) is 34.7 Å². The summed E-state index contributed by atoms with van der Waals surface area (Å²) in [4.78, 5) is 8.80. The first-order chi connectivity index (χ1) is 13.6. The van der Waals surface area contributed by atoms with Gasteiger partial charge in [0.25, 0.3) is 0 Å². The number of anilines is 1. The molecule has 0 fully saturated rings. The molecule has 0 spiro atoms. The van der Waals surface area contributed by atoms with E-state index in [0.29, 0.717) is 28.7 Å². The maximum absolute atomic E-state index is 15.0. The van der Waals surface area contributed by atoms with E-state index in [4.69, 9.17) is 4.74 Å². The summed E-state index contributed by atoms with van der Waals surface area (Å²) in [5.74, 6) is 0.411. The van der Waals surface area contributed by atoms with Crippen molar-refractivity contribution in [2.75, 3.05) is 12.4 Å². The van der Waals surface area contributed by atoms with E-state index in [2.05, 4.69) is 21.9 Å². The number of rotatable bonds is 3. The number of halogens is 1. The van der Waals surface area contributed by atoms with Crippen LogP contribution in [-0.4, -0.2) is 17.1 Å². The molecule has 6 heteroatoms. The second-order valence-electron chi connectivity index (χ2n) is 6.17. The molecule has 0 bridgehead atoms. The summed E-state index contributed by atoms with van der Waals surface area (Å²) in [6.07, 6.45) is 5.36. The fourth-order valence-corrected chi connectivity index (χ4v) is 3.06. The summed E-state index contributed by atoms with van der Waals surface area (Å²) in [7, 11) is 1.53. The highest BCUT2D eigenvalue weighted by Crippen LogP contribution is 2.38. The van der Waals surface area contributed by atoms with E-state index in [1.165, 1.54) is 13.2 Å². The van der Waals surface area contributed by atoms with Gasteiger partial charge in [-0.15, -0.1) is 0 Å². The first-order valence-electron chi connectivity index (χ1n) is 8.49. The van der Waals surface area contributed by atoms with Gasteiger partial charge in [-0.25, -0.2) is 14.4 Å². The molecular formula is C22H15FN4O. The Hall–Kier alpha value is -3.98. The van der Waals surface area contributed by atoms with Crippen LogP contribution in [0.4, 0.5) is 10.2 Å². The van der Waals surface area contributed by atoms with Crippen molar-refractivity contribution < 1.29 is 9.13 Å². The molecule has 1 aliphatic heterocycles. The van der Waals surface area contributed by atoms with E-state index in [9.17, 15) is 9.65 Å². The highest BCUT2D eigenvalue weighted by molar-refractivity contribution is 5.87. The normalized spacial score (nSPS) is 12.1. The van der Waals surface area contributed by atoms with E-state index in [1.807, 2.05) is 24.3 Å². The van der Waals surface area contributed by atoms with Gasteiger partial charge < -0.3 is 10.1 Å². The molecule has 0 amide bonds. The van der Waals surface area contributed by atoms with E-state index in [1.54, 1.807) is 30.5 Å². The second-order valence-corrected chi connectivity index (χ2v) is 6.17. The summed E-state index contributed by atoms with van der Waals surface area (Å²) < 4.78 is 20.2. The lowest BCUT2D eigenvalue weighted by molar-refractivity contribution is 0.398. The SMILES string of the molecule is C=C1C=Cc2cc(-c3ccnc(OC)c3)c(-c3cccc(C#N)c3F)nc2N1. The van der Waals surface area contributed by atoms with Crippen molar-refractivity contribution in [1.82, 2.24) is 9.97 Å². The van der Waals surface area contributed by atoms with Crippen molar-refractivity contribution in [2.45, 2.75) is 0 Å². The third-order valence-corrected chi connectivity index (χ3v) is 4.42. The van der Waals surface area contributed by atoms with E-state index in [-0.39, 0.29) is 11.1 Å². The monoisotopic (exact) mass is 370 g/mol. The van der Waals surface area contributed by atoms with Gasteiger partial charge in [-0.1, -0.05) is 12.6 Å². The van der Waals surface area contributed by atoms with Crippen LogP contribution in [0.15, 0.2) is 60.9 Å². The maximum Gasteiger partial charge on any atom is 0.213 e. The van der Waals surface area contributed by atoms with Crippen molar-refractivity contribution >= 4 is 11.9 Å². The minimum absolute atomic E-state index is 0.0347. The van der Waals surface area contributed by atoms with Crippen LogP contribution in [0.2, 0.25) is 0 Å². The molecule has 1 N–H and O–H groups in total. The summed E-state index contributed by atoms with van der Waals surface area (Å²) >= 11 is 0. The summed E-state index contributed by atoms with van der Waals surface area (Å²) in [6.45, 7) is 3.88. The lowest BCUT2D eigenvalue weighted by Crippen LogP contribution is -2.06. The molecule has 2 aromatic heterocycles. The van der Waals surface area contributed by atoms with Crippen molar-refractivity contribution in [3.05, 3.63) is 77.9 Å². The predicted octanol–water partition coefficient (Wildman–Crippen LogP) is 4.78. The molecule has 0 radical (unpaired) electrons. The van der Waals surface area contributed by atoms with Crippen LogP contribution in [0.25, 0.3) is 28.5 Å². The Kier molecular flexibility index (Phi) is 4.34. The van der Waals surface area contributed by atoms with Crippen molar-refractivity contribution in [3.63, 3.8) is 0 Å². The van der Waals surface area contributed by atoms with Gasteiger partial charge >= 0.3 is 0 Å². The van der Waals surface area contributed by atoms with Gasteiger partial charge in [0.2, 0.25) is 5.88 Å².